The Kier molecular flexibility index (Phi) is 6.64. The molecule has 0 aliphatic heterocycles. The van der Waals surface area contributed by atoms with Crippen LogP contribution < -0.4 is 15.5 Å². The lowest BCUT2D eigenvalue weighted by molar-refractivity contribution is -0.132. The van der Waals surface area contributed by atoms with Gasteiger partial charge < -0.3 is 10.1 Å². The summed E-state index contributed by atoms with van der Waals surface area (Å²) in [6, 6.07) is 16.8. The van der Waals surface area contributed by atoms with E-state index in [1.165, 1.54) is 0 Å². The smallest absolute Gasteiger partial charge is 0.251 e. The standard InChI is InChI=1S/C23H25N3O4/c1-14(22(27)26-29)13-24-23(28)17-8-10-18(11-9-17)30-16(3)20-12-15(2)25-21-7-5-4-6-19(20)21/h4-12,14,16,29H,13H2,1-3H3,(H,24,28)(H,26,27). The molecule has 1 aromatic heterocycles. The molecule has 2 atom stereocenters. The molecular weight excluding hydrogens is 382 g/mol. The molecule has 3 aromatic rings. The number of fused-ring (bicyclic) bond motifs is 1. The third-order valence-electron chi connectivity index (χ3n) is 4.87. The molecule has 0 aliphatic carbocycles. The normalized spacial score (nSPS) is 12.8. The predicted molar refractivity (Wildman–Crippen MR) is 113 cm³/mol. The highest BCUT2D eigenvalue weighted by molar-refractivity contribution is 5.94. The summed E-state index contributed by atoms with van der Waals surface area (Å²) in [4.78, 5) is 28.1. The highest BCUT2D eigenvalue weighted by atomic mass is 16.5. The van der Waals surface area contributed by atoms with Gasteiger partial charge in [0.1, 0.15) is 11.9 Å². The van der Waals surface area contributed by atoms with Crippen molar-refractivity contribution in [3.8, 4) is 5.75 Å². The summed E-state index contributed by atoms with van der Waals surface area (Å²) in [6.45, 7) is 5.67. The summed E-state index contributed by atoms with van der Waals surface area (Å²) in [7, 11) is 0. The molecule has 2 amide bonds. The lowest BCUT2D eigenvalue weighted by atomic mass is 10.0. The number of amides is 2. The van der Waals surface area contributed by atoms with Gasteiger partial charge in [0.2, 0.25) is 5.91 Å². The van der Waals surface area contributed by atoms with Crippen LogP contribution >= 0.6 is 0 Å². The third kappa shape index (κ3) is 4.93. The first kappa shape index (κ1) is 21.3. The number of carbonyl (C=O) groups excluding carboxylic acids is 2. The van der Waals surface area contributed by atoms with E-state index in [9.17, 15) is 9.59 Å². The van der Waals surface area contributed by atoms with Crippen LogP contribution in [0.1, 0.15) is 41.6 Å². The van der Waals surface area contributed by atoms with Gasteiger partial charge in [0.15, 0.2) is 0 Å². The second-order valence-corrected chi connectivity index (χ2v) is 7.24. The first-order valence-corrected chi connectivity index (χ1v) is 9.74. The second kappa shape index (κ2) is 9.37. The first-order valence-electron chi connectivity index (χ1n) is 9.74. The summed E-state index contributed by atoms with van der Waals surface area (Å²) in [6.07, 6.45) is -0.200. The van der Waals surface area contributed by atoms with Crippen molar-refractivity contribution >= 4 is 22.7 Å². The Balaban J connectivity index is 1.67. The quantitative estimate of drug-likeness (QED) is 0.411. The van der Waals surface area contributed by atoms with Gasteiger partial charge in [-0.2, -0.15) is 0 Å². The van der Waals surface area contributed by atoms with E-state index < -0.39 is 11.8 Å². The molecule has 0 radical (unpaired) electrons. The number of aryl methyl sites for hydroxylation is 1. The molecule has 3 rings (SSSR count). The van der Waals surface area contributed by atoms with Crippen molar-refractivity contribution in [3.63, 3.8) is 0 Å². The number of hydrogen-bond donors (Lipinski definition) is 3. The van der Waals surface area contributed by atoms with Crippen LogP contribution in [0.15, 0.2) is 54.6 Å². The fourth-order valence-electron chi connectivity index (χ4n) is 3.18. The number of nitrogens with zero attached hydrogens (tertiary/aromatic N) is 1. The van der Waals surface area contributed by atoms with Gasteiger partial charge in [0.05, 0.1) is 11.4 Å². The lowest BCUT2D eigenvalue weighted by Crippen LogP contribution is -2.36. The number of hydrogen-bond acceptors (Lipinski definition) is 5. The second-order valence-electron chi connectivity index (χ2n) is 7.24. The van der Waals surface area contributed by atoms with Crippen molar-refractivity contribution in [2.24, 2.45) is 5.92 Å². The summed E-state index contributed by atoms with van der Waals surface area (Å²) in [5.74, 6) is -0.749. The van der Waals surface area contributed by atoms with E-state index in [0.717, 1.165) is 22.2 Å². The van der Waals surface area contributed by atoms with Crippen LogP contribution in [0.5, 0.6) is 5.75 Å². The van der Waals surface area contributed by atoms with Crippen LogP contribution in [0, 0.1) is 12.8 Å². The van der Waals surface area contributed by atoms with Gasteiger partial charge >= 0.3 is 0 Å². The number of hydroxylamine groups is 1. The van der Waals surface area contributed by atoms with E-state index in [2.05, 4.69) is 10.3 Å². The Morgan fingerprint density at radius 3 is 2.50 bits per heavy atom. The van der Waals surface area contributed by atoms with E-state index in [-0.39, 0.29) is 18.6 Å². The van der Waals surface area contributed by atoms with E-state index in [0.29, 0.717) is 11.3 Å². The van der Waals surface area contributed by atoms with E-state index >= 15 is 0 Å². The Morgan fingerprint density at radius 2 is 1.80 bits per heavy atom. The van der Waals surface area contributed by atoms with Gasteiger partial charge in [-0.15, -0.1) is 0 Å². The van der Waals surface area contributed by atoms with Crippen molar-refractivity contribution < 1.29 is 19.5 Å². The Hall–Kier alpha value is -3.45. The third-order valence-corrected chi connectivity index (χ3v) is 4.87. The minimum Gasteiger partial charge on any atom is -0.486 e. The molecule has 3 N–H and O–H groups in total. The molecule has 156 valence electrons. The number of ether oxygens (including phenoxy) is 1. The molecule has 7 heteroatoms. The van der Waals surface area contributed by atoms with Crippen LogP contribution in [-0.4, -0.2) is 28.6 Å². The van der Waals surface area contributed by atoms with Crippen LogP contribution in [0.3, 0.4) is 0 Å². The average molecular weight is 407 g/mol. The number of nitrogens with one attached hydrogen (secondary N) is 2. The number of para-hydroxylation sites is 1. The number of pyridine rings is 1. The van der Waals surface area contributed by atoms with E-state index in [4.69, 9.17) is 9.94 Å². The summed E-state index contributed by atoms with van der Waals surface area (Å²) >= 11 is 0. The van der Waals surface area contributed by atoms with Gasteiger partial charge in [0.25, 0.3) is 5.91 Å². The minimum atomic E-state index is -0.549. The highest BCUT2D eigenvalue weighted by Gasteiger charge is 2.15. The minimum absolute atomic E-state index is 0.120. The lowest BCUT2D eigenvalue weighted by Gasteiger charge is -2.18. The maximum Gasteiger partial charge on any atom is 0.251 e. The van der Waals surface area contributed by atoms with Crippen molar-refractivity contribution in [2.45, 2.75) is 26.9 Å². The number of carbonyl (C=O) groups is 2. The summed E-state index contributed by atoms with van der Waals surface area (Å²) in [5.41, 5.74) is 4.93. The molecule has 7 nitrogen and oxygen atoms in total. The fourth-order valence-corrected chi connectivity index (χ4v) is 3.18. The largest absolute Gasteiger partial charge is 0.486 e. The molecule has 0 bridgehead atoms. The molecule has 0 saturated carbocycles. The zero-order valence-corrected chi connectivity index (χ0v) is 17.2. The molecule has 2 unspecified atom stereocenters. The molecule has 0 fully saturated rings. The molecule has 2 aromatic carbocycles. The van der Waals surface area contributed by atoms with Crippen molar-refractivity contribution in [1.82, 2.24) is 15.8 Å². The SMILES string of the molecule is Cc1cc(C(C)Oc2ccc(C(=O)NCC(C)C(=O)NO)cc2)c2ccccc2n1. The van der Waals surface area contributed by atoms with Crippen molar-refractivity contribution in [2.75, 3.05) is 6.54 Å². The highest BCUT2D eigenvalue weighted by Crippen LogP contribution is 2.28. The summed E-state index contributed by atoms with van der Waals surface area (Å²) < 4.78 is 6.10. The first-order chi connectivity index (χ1) is 14.4. The van der Waals surface area contributed by atoms with E-state index in [1.807, 2.05) is 44.2 Å². The van der Waals surface area contributed by atoms with Gasteiger partial charge in [-0.3, -0.25) is 19.8 Å². The number of rotatable bonds is 7. The van der Waals surface area contributed by atoms with Crippen LogP contribution in [0.4, 0.5) is 0 Å². The van der Waals surface area contributed by atoms with Gasteiger partial charge in [0, 0.05) is 28.8 Å². The van der Waals surface area contributed by atoms with Crippen molar-refractivity contribution in [1.29, 1.82) is 0 Å². The maximum atomic E-state index is 12.2. The number of benzene rings is 2. The number of aromatic nitrogens is 1. The molecule has 0 aliphatic rings. The van der Waals surface area contributed by atoms with Crippen LogP contribution in [0.2, 0.25) is 0 Å². The van der Waals surface area contributed by atoms with Crippen molar-refractivity contribution in [3.05, 3.63) is 71.4 Å². The van der Waals surface area contributed by atoms with E-state index in [1.54, 1.807) is 36.7 Å². The van der Waals surface area contributed by atoms with Gasteiger partial charge in [-0.05, 0) is 50.2 Å². The molecule has 30 heavy (non-hydrogen) atoms. The Bertz CT molecular complexity index is 1050. The summed E-state index contributed by atoms with van der Waals surface area (Å²) in [5, 5.41) is 12.3. The molecule has 1 heterocycles. The zero-order chi connectivity index (χ0) is 21.7. The monoisotopic (exact) mass is 407 g/mol. The topological polar surface area (TPSA) is 101 Å². The Labute approximate surface area is 175 Å². The molecule has 0 saturated heterocycles. The van der Waals surface area contributed by atoms with Gasteiger partial charge in [-0.25, -0.2) is 5.48 Å². The fraction of sp³-hybridized carbons (Fsp3) is 0.261. The van der Waals surface area contributed by atoms with Gasteiger partial charge in [-0.1, -0.05) is 25.1 Å². The average Bonchev–Trinajstić information content (AvgIpc) is 2.76. The van der Waals surface area contributed by atoms with Crippen LogP contribution in [-0.2, 0) is 4.79 Å². The predicted octanol–water partition coefficient (Wildman–Crippen LogP) is 3.55. The maximum absolute atomic E-state index is 12.2. The van der Waals surface area contributed by atoms with Crippen LogP contribution in [0.25, 0.3) is 10.9 Å². The molecular formula is C23H25N3O4. The Morgan fingerprint density at radius 1 is 1.10 bits per heavy atom. The zero-order valence-electron chi connectivity index (χ0n) is 17.2. The molecule has 0 spiro atoms.